The molecule has 54 heavy (non-hydrogen) atoms. The summed E-state index contributed by atoms with van der Waals surface area (Å²) in [6.45, 7) is 4.12. The lowest BCUT2D eigenvalue weighted by Gasteiger charge is -2.53. The minimum Gasteiger partial charge on any atom is -0.490 e. The van der Waals surface area contributed by atoms with Gasteiger partial charge < -0.3 is 24.2 Å². The SMILES string of the molecule is Cc1cc(OC2CCC3(CC2)CN(c2ncc(-c4ccc(OCc5ccccc5)nc4OCc4ccccc4)cc2F)C3)ccc1-n1cc(C(=O)O)cn1. The third-order valence-corrected chi connectivity index (χ3v) is 10.3. The van der Waals surface area contributed by atoms with Gasteiger partial charge in [0.2, 0.25) is 11.8 Å². The van der Waals surface area contributed by atoms with E-state index in [4.69, 9.17) is 14.2 Å². The summed E-state index contributed by atoms with van der Waals surface area (Å²) in [6.07, 6.45) is 8.42. The van der Waals surface area contributed by atoms with Crippen LogP contribution in [0, 0.1) is 18.2 Å². The minimum atomic E-state index is -1.01. The second-order valence-corrected chi connectivity index (χ2v) is 14.2. The van der Waals surface area contributed by atoms with E-state index in [1.807, 2.05) is 96.8 Å². The van der Waals surface area contributed by atoms with Gasteiger partial charge in [-0.1, -0.05) is 60.7 Å². The minimum absolute atomic E-state index is 0.0921. The predicted octanol–water partition coefficient (Wildman–Crippen LogP) is 8.46. The number of carbonyl (C=O) groups is 1. The van der Waals surface area contributed by atoms with Crippen LogP contribution < -0.4 is 19.1 Å². The van der Waals surface area contributed by atoms with Gasteiger partial charge in [-0.3, -0.25) is 0 Å². The molecule has 3 aromatic carbocycles. The zero-order chi connectivity index (χ0) is 37.1. The molecule has 1 aliphatic carbocycles. The lowest BCUT2D eigenvalue weighted by Crippen LogP contribution is -2.58. The van der Waals surface area contributed by atoms with Crippen LogP contribution in [0.3, 0.4) is 0 Å². The summed E-state index contributed by atoms with van der Waals surface area (Å²) in [5.74, 6) is 0.501. The molecule has 1 aliphatic heterocycles. The number of ether oxygens (including phenoxy) is 3. The Morgan fingerprint density at radius 3 is 2.24 bits per heavy atom. The quantitative estimate of drug-likeness (QED) is 0.133. The first-order chi connectivity index (χ1) is 26.3. The number of pyridine rings is 2. The van der Waals surface area contributed by atoms with E-state index in [-0.39, 0.29) is 22.9 Å². The molecule has 1 saturated heterocycles. The first-order valence-electron chi connectivity index (χ1n) is 18.1. The number of aromatic carboxylic acids is 1. The lowest BCUT2D eigenvalue weighted by atomic mass is 9.68. The topological polar surface area (TPSA) is 112 Å². The first kappa shape index (κ1) is 34.8. The summed E-state index contributed by atoms with van der Waals surface area (Å²) in [7, 11) is 0. The average Bonchev–Trinajstić information content (AvgIpc) is 3.68. The van der Waals surface area contributed by atoms with Crippen molar-refractivity contribution in [3.63, 3.8) is 0 Å². The number of nitrogens with zero attached hydrogens (tertiary/aromatic N) is 5. The number of carboxylic acid groups (broad SMARTS) is 1. The number of hydrogen-bond acceptors (Lipinski definition) is 8. The molecule has 1 N–H and O–H groups in total. The monoisotopic (exact) mass is 725 g/mol. The molecule has 10 nitrogen and oxygen atoms in total. The fourth-order valence-corrected chi connectivity index (χ4v) is 7.37. The number of rotatable bonds is 12. The molecule has 1 spiro atoms. The van der Waals surface area contributed by atoms with Crippen molar-refractivity contribution in [2.45, 2.75) is 51.9 Å². The molecule has 6 aromatic rings. The van der Waals surface area contributed by atoms with Crippen LogP contribution >= 0.6 is 0 Å². The average molecular weight is 726 g/mol. The van der Waals surface area contributed by atoms with E-state index in [1.165, 1.54) is 18.5 Å². The molecule has 11 heteroatoms. The van der Waals surface area contributed by atoms with Crippen molar-refractivity contribution in [3.05, 3.63) is 144 Å². The fourth-order valence-electron chi connectivity index (χ4n) is 7.37. The van der Waals surface area contributed by atoms with E-state index in [9.17, 15) is 9.90 Å². The Morgan fingerprint density at radius 2 is 1.59 bits per heavy atom. The second-order valence-electron chi connectivity index (χ2n) is 14.2. The maximum Gasteiger partial charge on any atom is 0.338 e. The predicted molar refractivity (Wildman–Crippen MR) is 202 cm³/mol. The summed E-state index contributed by atoms with van der Waals surface area (Å²) >= 11 is 0. The van der Waals surface area contributed by atoms with Crippen molar-refractivity contribution < 1.29 is 28.5 Å². The van der Waals surface area contributed by atoms with E-state index in [0.29, 0.717) is 41.9 Å². The van der Waals surface area contributed by atoms with Gasteiger partial charge in [0.05, 0.1) is 23.6 Å². The molecule has 8 rings (SSSR count). The zero-order valence-corrected chi connectivity index (χ0v) is 29.9. The van der Waals surface area contributed by atoms with Gasteiger partial charge in [-0.25, -0.2) is 18.9 Å². The van der Waals surface area contributed by atoms with E-state index in [0.717, 1.165) is 66.9 Å². The highest BCUT2D eigenvalue weighted by molar-refractivity contribution is 5.87. The second kappa shape index (κ2) is 15.0. The number of anilines is 1. The Hall–Kier alpha value is -6.23. The van der Waals surface area contributed by atoms with Crippen molar-refractivity contribution in [2.75, 3.05) is 18.0 Å². The smallest absolute Gasteiger partial charge is 0.338 e. The van der Waals surface area contributed by atoms with Gasteiger partial charge in [0.25, 0.3) is 0 Å². The molecule has 274 valence electrons. The maximum absolute atomic E-state index is 15.8. The van der Waals surface area contributed by atoms with E-state index >= 15 is 4.39 Å². The van der Waals surface area contributed by atoms with Crippen LogP contribution in [0.4, 0.5) is 10.2 Å². The third kappa shape index (κ3) is 7.61. The number of halogens is 1. The molecule has 0 bridgehead atoms. The van der Waals surface area contributed by atoms with Gasteiger partial charge in [0, 0.05) is 48.1 Å². The molecule has 2 aliphatic rings. The van der Waals surface area contributed by atoms with Crippen LogP contribution in [0.15, 0.2) is 116 Å². The van der Waals surface area contributed by atoms with Crippen molar-refractivity contribution in [2.24, 2.45) is 5.41 Å². The van der Waals surface area contributed by atoms with Gasteiger partial charge in [-0.15, -0.1) is 0 Å². The van der Waals surface area contributed by atoms with Crippen LogP contribution in [-0.2, 0) is 13.2 Å². The molecular weight excluding hydrogens is 686 g/mol. The van der Waals surface area contributed by atoms with Crippen molar-refractivity contribution in [3.8, 4) is 34.3 Å². The molecule has 0 radical (unpaired) electrons. The standard InChI is InChI=1S/C43H40FN5O5/c1-29-20-35(12-14-38(29)49-24-33(23-46-49)42(50)51)54-34-16-18-43(19-17-34)27-48(28-43)40-37(44)21-32(22-45-40)36-13-15-39(52-25-30-8-4-2-5-9-30)47-41(36)53-26-31-10-6-3-7-11-31/h2-15,20-24,34H,16-19,25-28H2,1H3,(H,50,51). The van der Waals surface area contributed by atoms with Gasteiger partial charge in [0.1, 0.15) is 19.0 Å². The van der Waals surface area contributed by atoms with E-state index in [1.54, 1.807) is 16.9 Å². The zero-order valence-electron chi connectivity index (χ0n) is 29.9. The summed E-state index contributed by atoms with van der Waals surface area (Å²) < 4.78 is 35.9. The molecule has 2 fully saturated rings. The van der Waals surface area contributed by atoms with Crippen LogP contribution in [0.5, 0.6) is 17.5 Å². The Bertz CT molecular complexity index is 2250. The molecule has 1 saturated carbocycles. The fraction of sp³-hybridized carbons (Fsp3) is 0.256. The first-order valence-corrected chi connectivity index (χ1v) is 18.1. The number of hydrogen-bond donors (Lipinski definition) is 1. The van der Waals surface area contributed by atoms with E-state index < -0.39 is 5.97 Å². The largest absolute Gasteiger partial charge is 0.490 e. The molecule has 0 atom stereocenters. The van der Waals surface area contributed by atoms with Crippen molar-refractivity contribution in [1.82, 2.24) is 19.7 Å². The molecular formula is C43H40FN5O5. The van der Waals surface area contributed by atoms with Gasteiger partial charge >= 0.3 is 5.97 Å². The van der Waals surface area contributed by atoms with Gasteiger partial charge in [-0.05, 0) is 79.6 Å². The summed E-state index contributed by atoms with van der Waals surface area (Å²) in [4.78, 5) is 22.6. The van der Waals surface area contributed by atoms with Gasteiger partial charge in [-0.2, -0.15) is 10.1 Å². The Labute approximate surface area is 312 Å². The normalized spacial score (nSPS) is 15.1. The highest BCUT2D eigenvalue weighted by atomic mass is 19.1. The Balaban J connectivity index is 0.894. The Morgan fingerprint density at radius 1 is 0.889 bits per heavy atom. The summed E-state index contributed by atoms with van der Waals surface area (Å²) in [6, 6.07) is 30.6. The van der Waals surface area contributed by atoms with Crippen LogP contribution in [-0.4, -0.2) is 50.0 Å². The lowest BCUT2D eigenvalue weighted by molar-refractivity contribution is 0.0581. The summed E-state index contributed by atoms with van der Waals surface area (Å²) in [5, 5.41) is 13.4. The highest BCUT2D eigenvalue weighted by Crippen LogP contribution is 2.46. The Kier molecular flexibility index (Phi) is 9.69. The van der Waals surface area contributed by atoms with Gasteiger partial charge in [0.15, 0.2) is 11.6 Å². The number of carboxylic acids is 1. The molecule has 3 aromatic heterocycles. The van der Waals surface area contributed by atoms with Crippen LogP contribution in [0.2, 0.25) is 0 Å². The highest BCUT2D eigenvalue weighted by Gasteiger charge is 2.46. The maximum atomic E-state index is 15.8. The number of aryl methyl sites for hydroxylation is 1. The van der Waals surface area contributed by atoms with E-state index in [2.05, 4.69) is 15.1 Å². The number of benzene rings is 3. The molecule has 0 unspecified atom stereocenters. The molecule has 4 heterocycles. The summed E-state index contributed by atoms with van der Waals surface area (Å²) in [5.41, 5.74) is 5.21. The van der Waals surface area contributed by atoms with Crippen LogP contribution in [0.25, 0.3) is 16.8 Å². The van der Waals surface area contributed by atoms with Crippen molar-refractivity contribution >= 4 is 11.8 Å². The molecule has 0 amide bonds. The number of aromatic nitrogens is 4. The van der Waals surface area contributed by atoms with Crippen molar-refractivity contribution in [1.29, 1.82) is 0 Å². The van der Waals surface area contributed by atoms with Crippen LogP contribution in [0.1, 0.15) is 52.7 Å². The third-order valence-electron chi connectivity index (χ3n) is 10.3.